The number of hydrogen-bond acceptors (Lipinski definition) is 0. The maximum atomic E-state index is 2.41. The Morgan fingerprint density at radius 2 is 0.750 bits per heavy atom. The highest BCUT2D eigenvalue weighted by molar-refractivity contribution is 6.30. The molecule has 0 N–H and O–H groups in total. The van der Waals surface area contributed by atoms with Gasteiger partial charge in [-0.1, -0.05) is 122 Å². The van der Waals surface area contributed by atoms with E-state index in [4.69, 9.17) is 0 Å². The van der Waals surface area contributed by atoms with E-state index in [1.807, 2.05) is 0 Å². The van der Waals surface area contributed by atoms with Crippen LogP contribution in [0, 0.1) is 0 Å². The lowest BCUT2D eigenvalue weighted by atomic mass is 9.82. The lowest BCUT2D eigenvalue weighted by Gasteiger charge is -2.21. The zero-order valence-corrected chi connectivity index (χ0v) is 20.3. The third kappa shape index (κ3) is 3.15. The van der Waals surface area contributed by atoms with E-state index in [0.717, 1.165) is 6.42 Å². The molecule has 0 saturated carbocycles. The first-order chi connectivity index (χ1) is 17.8. The van der Waals surface area contributed by atoms with Crippen LogP contribution in [-0.4, -0.2) is 0 Å². The molecule has 0 aliphatic rings. The Kier molecular flexibility index (Phi) is 4.85. The molecule has 0 atom stereocenters. The average Bonchev–Trinajstić information content (AvgIpc) is 2.96. The maximum Gasteiger partial charge on any atom is -0.00140 e. The molecule has 7 rings (SSSR count). The van der Waals surface area contributed by atoms with E-state index in [2.05, 4.69) is 134 Å². The standard InChI is InChI=1S/C36H26/c1-2-24-22-32(25-12-6-3-7-13-25)29-20-21-31-34(27-16-10-5-11-17-27)23-33(26-14-8-4-9-15-26)30-19-18-28(24)35(29)36(30)31/h3-23H,2H2,1H3. The van der Waals surface area contributed by atoms with Crippen LogP contribution in [0.5, 0.6) is 0 Å². The summed E-state index contributed by atoms with van der Waals surface area (Å²) >= 11 is 0. The van der Waals surface area contributed by atoms with Crippen LogP contribution in [0.15, 0.2) is 127 Å². The second-order valence-corrected chi connectivity index (χ2v) is 9.58. The van der Waals surface area contributed by atoms with Crippen molar-refractivity contribution in [3.8, 4) is 33.4 Å². The summed E-state index contributed by atoms with van der Waals surface area (Å²) in [5.41, 5.74) is 9.09. The van der Waals surface area contributed by atoms with E-state index in [0.29, 0.717) is 0 Å². The number of benzene rings is 7. The summed E-state index contributed by atoms with van der Waals surface area (Å²) in [6.45, 7) is 2.27. The molecule has 0 aliphatic heterocycles. The summed E-state index contributed by atoms with van der Waals surface area (Å²) in [6, 6.07) is 46.7. The molecule has 0 amide bonds. The van der Waals surface area contributed by atoms with Crippen molar-refractivity contribution in [2.45, 2.75) is 13.3 Å². The van der Waals surface area contributed by atoms with Crippen molar-refractivity contribution in [2.75, 3.05) is 0 Å². The Hall–Kier alpha value is -4.42. The normalized spacial score (nSPS) is 11.6. The van der Waals surface area contributed by atoms with Crippen LogP contribution in [0.25, 0.3) is 65.7 Å². The average molecular weight is 459 g/mol. The Labute approximate surface area is 211 Å². The van der Waals surface area contributed by atoms with Crippen molar-refractivity contribution < 1.29 is 0 Å². The molecule has 0 aromatic heterocycles. The summed E-state index contributed by atoms with van der Waals surface area (Å²) < 4.78 is 0. The minimum absolute atomic E-state index is 1.01. The lowest BCUT2D eigenvalue weighted by Crippen LogP contribution is -1.95. The monoisotopic (exact) mass is 458 g/mol. The van der Waals surface area contributed by atoms with Crippen molar-refractivity contribution in [1.82, 2.24) is 0 Å². The molecule has 170 valence electrons. The molecule has 0 spiro atoms. The van der Waals surface area contributed by atoms with Crippen LogP contribution >= 0.6 is 0 Å². The van der Waals surface area contributed by atoms with Gasteiger partial charge in [0, 0.05) is 0 Å². The molecule has 0 heteroatoms. The van der Waals surface area contributed by atoms with Crippen LogP contribution in [0.2, 0.25) is 0 Å². The van der Waals surface area contributed by atoms with Crippen LogP contribution in [0.3, 0.4) is 0 Å². The predicted octanol–water partition coefficient (Wildman–Crippen LogP) is 10.1. The Morgan fingerprint density at radius 1 is 0.389 bits per heavy atom. The Bertz CT molecular complexity index is 1770. The zero-order chi connectivity index (χ0) is 24.1. The number of rotatable bonds is 4. The van der Waals surface area contributed by atoms with E-state index in [-0.39, 0.29) is 0 Å². The first-order valence-corrected chi connectivity index (χ1v) is 12.8. The molecule has 0 unspecified atom stereocenters. The van der Waals surface area contributed by atoms with Gasteiger partial charge in [-0.2, -0.15) is 0 Å². The zero-order valence-electron chi connectivity index (χ0n) is 20.3. The number of hydrogen-bond donors (Lipinski definition) is 0. The molecule has 0 fully saturated rings. The molecule has 0 heterocycles. The molecule has 7 aromatic rings. The fraction of sp³-hybridized carbons (Fsp3) is 0.0556. The summed E-state index contributed by atoms with van der Waals surface area (Å²) in [7, 11) is 0. The smallest absolute Gasteiger partial charge is 0.00140 e. The Balaban J connectivity index is 1.70. The summed E-state index contributed by atoms with van der Waals surface area (Å²) in [4.78, 5) is 0. The van der Waals surface area contributed by atoms with Gasteiger partial charge < -0.3 is 0 Å². The van der Waals surface area contributed by atoms with Gasteiger partial charge in [0.15, 0.2) is 0 Å². The molecular weight excluding hydrogens is 432 g/mol. The Morgan fingerprint density at radius 3 is 1.17 bits per heavy atom. The van der Waals surface area contributed by atoms with Gasteiger partial charge in [0.2, 0.25) is 0 Å². The van der Waals surface area contributed by atoms with Crippen LogP contribution in [-0.2, 0) is 6.42 Å². The third-order valence-electron chi connectivity index (χ3n) is 7.62. The number of aryl methyl sites for hydroxylation is 1. The molecule has 7 aromatic carbocycles. The largest absolute Gasteiger partial charge is 0.0622 e. The van der Waals surface area contributed by atoms with Crippen LogP contribution < -0.4 is 0 Å². The van der Waals surface area contributed by atoms with Gasteiger partial charge in [-0.15, -0.1) is 0 Å². The SMILES string of the molecule is CCc1cc(-c2ccccc2)c2ccc3c(-c4ccccc4)cc(-c4ccccc4)c4ccc1c2c43. The van der Waals surface area contributed by atoms with Gasteiger partial charge in [0.25, 0.3) is 0 Å². The lowest BCUT2D eigenvalue weighted by molar-refractivity contribution is 1.16. The second kappa shape index (κ2) is 8.36. The molecule has 36 heavy (non-hydrogen) atoms. The summed E-state index contributed by atoms with van der Waals surface area (Å²) in [5, 5.41) is 8.10. The van der Waals surface area contributed by atoms with Gasteiger partial charge in [0.05, 0.1) is 0 Å². The predicted molar refractivity (Wildman–Crippen MR) is 156 cm³/mol. The molecule has 0 bridgehead atoms. The highest BCUT2D eigenvalue weighted by atomic mass is 14.2. The van der Waals surface area contributed by atoms with Crippen molar-refractivity contribution >= 4 is 32.3 Å². The highest BCUT2D eigenvalue weighted by Crippen LogP contribution is 2.46. The first kappa shape index (κ1) is 20.9. The van der Waals surface area contributed by atoms with Crippen LogP contribution in [0.4, 0.5) is 0 Å². The van der Waals surface area contributed by atoms with Gasteiger partial charge in [-0.05, 0) is 89.8 Å². The van der Waals surface area contributed by atoms with E-state index in [1.165, 1.54) is 71.3 Å². The van der Waals surface area contributed by atoms with Gasteiger partial charge in [-0.25, -0.2) is 0 Å². The maximum absolute atomic E-state index is 2.41. The summed E-state index contributed by atoms with van der Waals surface area (Å²) in [5.74, 6) is 0. The topological polar surface area (TPSA) is 0 Å². The van der Waals surface area contributed by atoms with E-state index >= 15 is 0 Å². The third-order valence-corrected chi connectivity index (χ3v) is 7.62. The van der Waals surface area contributed by atoms with Crippen molar-refractivity contribution in [3.05, 3.63) is 133 Å². The van der Waals surface area contributed by atoms with Crippen molar-refractivity contribution in [3.63, 3.8) is 0 Å². The van der Waals surface area contributed by atoms with Gasteiger partial charge in [0.1, 0.15) is 0 Å². The van der Waals surface area contributed by atoms with Gasteiger partial charge >= 0.3 is 0 Å². The second-order valence-electron chi connectivity index (χ2n) is 9.58. The van der Waals surface area contributed by atoms with Crippen LogP contribution in [0.1, 0.15) is 12.5 Å². The van der Waals surface area contributed by atoms with Crippen molar-refractivity contribution in [2.24, 2.45) is 0 Å². The minimum Gasteiger partial charge on any atom is -0.0622 e. The quantitative estimate of drug-likeness (QED) is 0.230. The molecule has 0 radical (unpaired) electrons. The van der Waals surface area contributed by atoms with Crippen molar-refractivity contribution in [1.29, 1.82) is 0 Å². The fourth-order valence-corrected chi connectivity index (χ4v) is 5.93. The fourth-order valence-electron chi connectivity index (χ4n) is 5.93. The van der Waals surface area contributed by atoms with E-state index in [9.17, 15) is 0 Å². The highest BCUT2D eigenvalue weighted by Gasteiger charge is 2.19. The minimum atomic E-state index is 1.01. The first-order valence-electron chi connectivity index (χ1n) is 12.8. The summed E-state index contributed by atoms with van der Waals surface area (Å²) in [6.07, 6.45) is 1.01. The van der Waals surface area contributed by atoms with E-state index in [1.54, 1.807) is 0 Å². The van der Waals surface area contributed by atoms with E-state index < -0.39 is 0 Å². The van der Waals surface area contributed by atoms with Gasteiger partial charge in [-0.3, -0.25) is 0 Å². The molecule has 0 saturated heterocycles. The molecule has 0 nitrogen and oxygen atoms in total. The molecular formula is C36H26. The molecule has 0 aliphatic carbocycles.